The lowest BCUT2D eigenvalue weighted by Crippen LogP contribution is -2.37. The number of hydrazine groups is 1. The van der Waals surface area contributed by atoms with E-state index < -0.39 is 0 Å². The third-order valence-corrected chi connectivity index (χ3v) is 3.98. The molecule has 3 heteroatoms. The standard InChI is InChI=1S/C20H20N2O/c1-15(12-13-16-8-4-2-5-9-16)21-22-20(23)19-14-18(19)17-10-6-3-7-11-17/h2-13,18-19,21H,1,14H2,(H,22,23). The highest BCUT2D eigenvalue weighted by Gasteiger charge is 2.43. The van der Waals surface area contributed by atoms with Crippen LogP contribution in [0.5, 0.6) is 0 Å². The Balaban J connectivity index is 1.45. The monoisotopic (exact) mass is 304 g/mol. The molecule has 2 N–H and O–H groups in total. The Morgan fingerprint density at radius 2 is 1.65 bits per heavy atom. The minimum Gasteiger partial charge on any atom is -0.299 e. The number of carbonyl (C=O) groups excluding carboxylic acids is 1. The Morgan fingerprint density at radius 3 is 2.35 bits per heavy atom. The molecule has 1 saturated carbocycles. The first kappa shape index (κ1) is 15.1. The molecule has 116 valence electrons. The molecule has 0 bridgehead atoms. The van der Waals surface area contributed by atoms with Gasteiger partial charge in [-0.05, 0) is 29.5 Å². The van der Waals surface area contributed by atoms with Gasteiger partial charge in [-0.2, -0.15) is 0 Å². The zero-order valence-corrected chi connectivity index (χ0v) is 12.9. The molecule has 1 fully saturated rings. The minimum absolute atomic E-state index is 0.0214. The van der Waals surface area contributed by atoms with Gasteiger partial charge in [0.05, 0.1) is 0 Å². The van der Waals surface area contributed by atoms with E-state index in [-0.39, 0.29) is 11.8 Å². The van der Waals surface area contributed by atoms with Crippen LogP contribution in [0, 0.1) is 5.92 Å². The molecule has 2 aromatic carbocycles. The largest absolute Gasteiger partial charge is 0.299 e. The van der Waals surface area contributed by atoms with Crippen LogP contribution < -0.4 is 10.9 Å². The van der Waals surface area contributed by atoms with Crippen molar-refractivity contribution in [1.82, 2.24) is 10.9 Å². The van der Waals surface area contributed by atoms with Crippen molar-refractivity contribution >= 4 is 12.0 Å². The molecule has 1 aliphatic rings. The lowest BCUT2D eigenvalue weighted by molar-refractivity contribution is -0.123. The predicted octanol–water partition coefficient (Wildman–Crippen LogP) is 3.64. The van der Waals surface area contributed by atoms with Crippen molar-refractivity contribution in [3.8, 4) is 0 Å². The zero-order chi connectivity index (χ0) is 16.1. The van der Waals surface area contributed by atoms with E-state index in [2.05, 4.69) is 29.6 Å². The second-order valence-corrected chi connectivity index (χ2v) is 5.74. The lowest BCUT2D eigenvalue weighted by Gasteiger charge is -2.08. The van der Waals surface area contributed by atoms with Crippen molar-refractivity contribution in [2.75, 3.05) is 0 Å². The van der Waals surface area contributed by atoms with Gasteiger partial charge in [0.15, 0.2) is 0 Å². The molecule has 23 heavy (non-hydrogen) atoms. The van der Waals surface area contributed by atoms with Gasteiger partial charge in [0.25, 0.3) is 0 Å². The van der Waals surface area contributed by atoms with Crippen molar-refractivity contribution in [3.05, 3.63) is 90.1 Å². The van der Waals surface area contributed by atoms with E-state index in [9.17, 15) is 4.79 Å². The maximum absolute atomic E-state index is 12.1. The molecule has 2 atom stereocenters. The van der Waals surface area contributed by atoms with E-state index in [1.807, 2.05) is 60.7 Å². The molecule has 3 rings (SSSR count). The van der Waals surface area contributed by atoms with Crippen molar-refractivity contribution in [1.29, 1.82) is 0 Å². The van der Waals surface area contributed by atoms with Crippen molar-refractivity contribution in [2.24, 2.45) is 5.92 Å². The maximum Gasteiger partial charge on any atom is 0.242 e. The van der Waals surface area contributed by atoms with Crippen LogP contribution in [-0.4, -0.2) is 5.91 Å². The van der Waals surface area contributed by atoms with Crippen LogP contribution in [0.25, 0.3) is 6.08 Å². The van der Waals surface area contributed by atoms with Crippen LogP contribution in [0.4, 0.5) is 0 Å². The summed E-state index contributed by atoms with van der Waals surface area (Å²) >= 11 is 0. The molecule has 0 radical (unpaired) electrons. The number of hydrogen-bond acceptors (Lipinski definition) is 2. The number of nitrogens with one attached hydrogen (secondary N) is 2. The van der Waals surface area contributed by atoms with Gasteiger partial charge in [0.1, 0.15) is 0 Å². The summed E-state index contributed by atoms with van der Waals surface area (Å²) in [5, 5.41) is 0. The SMILES string of the molecule is C=C(C=Cc1ccccc1)NNC(=O)C1CC1c1ccccc1. The number of allylic oxidation sites excluding steroid dienone is 1. The fourth-order valence-electron chi connectivity index (χ4n) is 2.59. The van der Waals surface area contributed by atoms with Gasteiger partial charge in [-0.25, -0.2) is 0 Å². The summed E-state index contributed by atoms with van der Waals surface area (Å²) in [6.07, 6.45) is 4.70. The first-order valence-electron chi connectivity index (χ1n) is 7.77. The van der Waals surface area contributed by atoms with Gasteiger partial charge in [-0.3, -0.25) is 15.6 Å². The molecule has 2 unspecified atom stereocenters. The van der Waals surface area contributed by atoms with Crippen molar-refractivity contribution < 1.29 is 4.79 Å². The lowest BCUT2D eigenvalue weighted by atomic mass is 10.1. The average molecular weight is 304 g/mol. The summed E-state index contributed by atoms with van der Waals surface area (Å²) in [6, 6.07) is 20.1. The second kappa shape index (κ2) is 6.97. The van der Waals surface area contributed by atoms with Crippen LogP contribution in [0.15, 0.2) is 79.0 Å². The maximum atomic E-state index is 12.1. The van der Waals surface area contributed by atoms with Crippen molar-refractivity contribution in [3.63, 3.8) is 0 Å². The molecule has 3 nitrogen and oxygen atoms in total. The highest BCUT2D eigenvalue weighted by molar-refractivity contribution is 5.82. The molecular formula is C20H20N2O. The van der Waals surface area contributed by atoms with Gasteiger partial charge in [-0.1, -0.05) is 73.3 Å². The summed E-state index contributed by atoms with van der Waals surface area (Å²) in [5.41, 5.74) is 8.58. The summed E-state index contributed by atoms with van der Waals surface area (Å²) in [4.78, 5) is 12.1. The fraction of sp³-hybridized carbons (Fsp3) is 0.150. The Kier molecular flexibility index (Phi) is 4.57. The molecule has 0 saturated heterocycles. The van der Waals surface area contributed by atoms with Gasteiger partial charge in [0, 0.05) is 11.6 Å². The minimum atomic E-state index is 0.0214. The van der Waals surface area contributed by atoms with Gasteiger partial charge in [-0.15, -0.1) is 0 Å². The molecule has 1 aliphatic carbocycles. The van der Waals surface area contributed by atoms with Crippen LogP contribution in [0.3, 0.4) is 0 Å². The number of hydrogen-bond donors (Lipinski definition) is 2. The number of benzene rings is 2. The molecule has 2 aromatic rings. The Bertz CT molecular complexity index is 707. The van der Waals surface area contributed by atoms with Crippen LogP contribution >= 0.6 is 0 Å². The highest BCUT2D eigenvalue weighted by Crippen LogP contribution is 2.47. The van der Waals surface area contributed by atoms with Crippen LogP contribution in [0.1, 0.15) is 23.5 Å². The van der Waals surface area contributed by atoms with Gasteiger partial charge in [0.2, 0.25) is 5.91 Å². The van der Waals surface area contributed by atoms with E-state index >= 15 is 0 Å². The molecule has 1 amide bonds. The van der Waals surface area contributed by atoms with E-state index in [1.54, 1.807) is 0 Å². The fourth-order valence-corrected chi connectivity index (χ4v) is 2.59. The van der Waals surface area contributed by atoms with Crippen LogP contribution in [-0.2, 0) is 4.79 Å². The summed E-state index contributed by atoms with van der Waals surface area (Å²) in [7, 11) is 0. The van der Waals surface area contributed by atoms with Crippen LogP contribution in [0.2, 0.25) is 0 Å². The van der Waals surface area contributed by atoms with E-state index in [4.69, 9.17) is 0 Å². The Labute approximate surface area is 136 Å². The molecule has 0 aliphatic heterocycles. The highest BCUT2D eigenvalue weighted by atomic mass is 16.2. The Hall–Kier alpha value is -2.81. The predicted molar refractivity (Wildman–Crippen MR) is 93.2 cm³/mol. The van der Waals surface area contributed by atoms with E-state index in [0.717, 1.165) is 12.0 Å². The first-order valence-corrected chi connectivity index (χ1v) is 7.77. The van der Waals surface area contributed by atoms with E-state index in [1.165, 1.54) is 5.56 Å². The summed E-state index contributed by atoms with van der Waals surface area (Å²) < 4.78 is 0. The normalized spacial score (nSPS) is 19.3. The topological polar surface area (TPSA) is 41.1 Å². The average Bonchev–Trinajstić information content (AvgIpc) is 3.40. The van der Waals surface area contributed by atoms with Gasteiger partial charge >= 0.3 is 0 Å². The Morgan fingerprint density at radius 1 is 1.00 bits per heavy atom. The van der Waals surface area contributed by atoms with Gasteiger partial charge < -0.3 is 0 Å². The second-order valence-electron chi connectivity index (χ2n) is 5.74. The third kappa shape index (κ3) is 4.10. The number of rotatable bonds is 6. The number of amides is 1. The molecule has 0 heterocycles. The summed E-state index contributed by atoms with van der Waals surface area (Å²) in [6.45, 7) is 3.89. The zero-order valence-electron chi connectivity index (χ0n) is 12.9. The number of carbonyl (C=O) groups is 1. The third-order valence-electron chi connectivity index (χ3n) is 3.98. The molecule has 0 spiro atoms. The molecule has 0 aromatic heterocycles. The van der Waals surface area contributed by atoms with E-state index in [0.29, 0.717) is 11.6 Å². The quantitative estimate of drug-likeness (QED) is 0.632. The summed E-state index contributed by atoms with van der Waals surface area (Å²) in [5.74, 6) is 0.412. The smallest absolute Gasteiger partial charge is 0.242 e. The van der Waals surface area contributed by atoms with Crippen molar-refractivity contribution in [2.45, 2.75) is 12.3 Å². The molecular weight excluding hydrogens is 284 g/mol. The first-order chi connectivity index (χ1) is 11.2.